The Morgan fingerprint density at radius 1 is 1.26 bits per heavy atom. The van der Waals surface area contributed by atoms with Crippen molar-refractivity contribution in [1.82, 2.24) is 15.1 Å². The van der Waals surface area contributed by atoms with E-state index in [1.807, 2.05) is 0 Å². The number of aryl methyl sites for hydroxylation is 2. The summed E-state index contributed by atoms with van der Waals surface area (Å²) in [6.07, 6.45) is 3.04. The van der Waals surface area contributed by atoms with Crippen LogP contribution in [0.2, 0.25) is 5.02 Å². The summed E-state index contributed by atoms with van der Waals surface area (Å²) < 4.78 is 2.07. The number of rotatable bonds is 8. The Kier molecular flexibility index (Phi) is 6.87. The first-order valence-electron chi connectivity index (χ1n) is 7.56. The van der Waals surface area contributed by atoms with Gasteiger partial charge in [-0.2, -0.15) is 5.10 Å². The lowest BCUT2D eigenvalue weighted by Crippen LogP contribution is -2.35. The van der Waals surface area contributed by atoms with Gasteiger partial charge in [0.1, 0.15) is 0 Å². The molecule has 3 nitrogen and oxygen atoms in total. The van der Waals surface area contributed by atoms with Crippen LogP contribution in [0.1, 0.15) is 52.4 Å². The third-order valence-electron chi connectivity index (χ3n) is 3.80. The molecule has 4 heteroatoms. The third kappa shape index (κ3) is 3.96. The van der Waals surface area contributed by atoms with Crippen LogP contribution < -0.4 is 5.32 Å². The molecular weight excluding hydrogens is 258 g/mol. The maximum atomic E-state index is 6.47. The van der Waals surface area contributed by atoms with Crippen LogP contribution in [0.4, 0.5) is 0 Å². The highest BCUT2D eigenvalue weighted by molar-refractivity contribution is 6.31. The number of nitrogens with zero attached hydrogens (tertiary/aromatic N) is 2. The Labute approximate surface area is 122 Å². The van der Waals surface area contributed by atoms with Crippen molar-refractivity contribution >= 4 is 11.6 Å². The van der Waals surface area contributed by atoms with Crippen molar-refractivity contribution in [2.75, 3.05) is 6.54 Å². The van der Waals surface area contributed by atoms with Gasteiger partial charge in [0, 0.05) is 12.6 Å². The smallest absolute Gasteiger partial charge is 0.0849 e. The van der Waals surface area contributed by atoms with Gasteiger partial charge in [0.15, 0.2) is 0 Å². The second-order valence-electron chi connectivity index (χ2n) is 5.13. The van der Waals surface area contributed by atoms with E-state index in [9.17, 15) is 0 Å². The van der Waals surface area contributed by atoms with Crippen LogP contribution in [-0.4, -0.2) is 22.4 Å². The predicted octanol–water partition coefficient (Wildman–Crippen LogP) is 3.69. The van der Waals surface area contributed by atoms with Gasteiger partial charge in [-0.05, 0) is 38.6 Å². The quantitative estimate of drug-likeness (QED) is 0.789. The van der Waals surface area contributed by atoms with E-state index in [4.69, 9.17) is 11.6 Å². The van der Waals surface area contributed by atoms with E-state index < -0.39 is 0 Å². The zero-order chi connectivity index (χ0) is 14.4. The highest BCUT2D eigenvalue weighted by Gasteiger charge is 2.20. The molecule has 1 aromatic rings. The van der Waals surface area contributed by atoms with Crippen molar-refractivity contribution < 1.29 is 0 Å². The van der Waals surface area contributed by atoms with E-state index >= 15 is 0 Å². The minimum absolute atomic E-state index is 0.548. The van der Waals surface area contributed by atoms with E-state index in [-0.39, 0.29) is 0 Å². The van der Waals surface area contributed by atoms with Crippen LogP contribution in [0.3, 0.4) is 0 Å². The maximum absolute atomic E-state index is 6.47. The molecule has 0 aromatic carbocycles. The molecule has 0 fully saturated rings. The standard InChI is InChI=1S/C15H28ClN3/c1-6-12(17-8-3)11(5)10-14-15(16)13(7-2)18-19(14)9-4/h11-12,17H,6-10H2,1-5H3. The Morgan fingerprint density at radius 3 is 2.42 bits per heavy atom. The zero-order valence-corrected chi connectivity index (χ0v) is 13.7. The van der Waals surface area contributed by atoms with E-state index in [0.717, 1.165) is 43.1 Å². The van der Waals surface area contributed by atoms with Crippen molar-refractivity contribution in [3.8, 4) is 0 Å². The van der Waals surface area contributed by atoms with Crippen molar-refractivity contribution in [3.05, 3.63) is 16.4 Å². The van der Waals surface area contributed by atoms with Crippen LogP contribution in [-0.2, 0) is 19.4 Å². The fraction of sp³-hybridized carbons (Fsp3) is 0.800. The van der Waals surface area contributed by atoms with E-state index in [2.05, 4.69) is 49.7 Å². The molecule has 110 valence electrons. The second-order valence-corrected chi connectivity index (χ2v) is 5.51. The molecule has 0 aliphatic rings. The average molecular weight is 286 g/mol. The van der Waals surface area contributed by atoms with Gasteiger partial charge in [-0.1, -0.05) is 39.3 Å². The first-order chi connectivity index (χ1) is 9.08. The summed E-state index contributed by atoms with van der Waals surface area (Å²) >= 11 is 6.47. The molecule has 1 aromatic heterocycles. The summed E-state index contributed by atoms with van der Waals surface area (Å²) in [5, 5.41) is 9.03. The molecule has 0 saturated heterocycles. The van der Waals surface area contributed by atoms with E-state index in [0.29, 0.717) is 12.0 Å². The summed E-state index contributed by atoms with van der Waals surface area (Å²) in [4.78, 5) is 0. The lowest BCUT2D eigenvalue weighted by molar-refractivity contribution is 0.363. The molecule has 1 heterocycles. The zero-order valence-electron chi connectivity index (χ0n) is 13.0. The molecule has 2 atom stereocenters. The highest BCUT2D eigenvalue weighted by atomic mass is 35.5. The fourth-order valence-electron chi connectivity index (χ4n) is 2.67. The molecule has 0 amide bonds. The second kappa shape index (κ2) is 7.91. The number of hydrogen-bond acceptors (Lipinski definition) is 2. The van der Waals surface area contributed by atoms with E-state index in [1.165, 1.54) is 5.69 Å². The van der Waals surface area contributed by atoms with Crippen molar-refractivity contribution in [2.24, 2.45) is 5.92 Å². The third-order valence-corrected chi connectivity index (χ3v) is 4.24. The van der Waals surface area contributed by atoms with Crippen molar-refractivity contribution in [3.63, 3.8) is 0 Å². The number of hydrogen-bond donors (Lipinski definition) is 1. The topological polar surface area (TPSA) is 29.9 Å². The molecule has 0 radical (unpaired) electrons. The van der Waals surface area contributed by atoms with Crippen molar-refractivity contribution in [1.29, 1.82) is 0 Å². The van der Waals surface area contributed by atoms with Gasteiger partial charge in [-0.15, -0.1) is 0 Å². The summed E-state index contributed by atoms with van der Waals surface area (Å²) in [5.41, 5.74) is 2.23. The molecule has 0 bridgehead atoms. The maximum Gasteiger partial charge on any atom is 0.0849 e. The molecule has 0 aliphatic carbocycles. The molecule has 1 rings (SSSR count). The summed E-state index contributed by atoms with van der Waals surface area (Å²) in [6, 6.07) is 0.548. The van der Waals surface area contributed by atoms with E-state index in [1.54, 1.807) is 0 Å². The average Bonchev–Trinajstić information content (AvgIpc) is 2.72. The first kappa shape index (κ1) is 16.5. The summed E-state index contributed by atoms with van der Waals surface area (Å²) in [5.74, 6) is 0.564. The fourth-order valence-corrected chi connectivity index (χ4v) is 3.02. The normalized spacial score (nSPS) is 14.6. The van der Waals surface area contributed by atoms with Crippen LogP contribution in [0, 0.1) is 5.92 Å². The molecule has 0 spiro atoms. The Hall–Kier alpha value is -0.540. The Balaban J connectivity index is 2.88. The van der Waals surface area contributed by atoms with Crippen LogP contribution >= 0.6 is 11.6 Å². The number of halogens is 1. The molecule has 0 saturated carbocycles. The summed E-state index contributed by atoms with van der Waals surface area (Å²) in [6.45, 7) is 12.8. The van der Waals surface area contributed by atoms with Crippen LogP contribution in [0.5, 0.6) is 0 Å². The monoisotopic (exact) mass is 285 g/mol. The van der Waals surface area contributed by atoms with Gasteiger partial charge in [0.05, 0.1) is 16.4 Å². The van der Waals surface area contributed by atoms with Gasteiger partial charge in [0.25, 0.3) is 0 Å². The van der Waals surface area contributed by atoms with Crippen molar-refractivity contribution in [2.45, 2.75) is 66.5 Å². The van der Waals surface area contributed by atoms with Crippen LogP contribution in [0.25, 0.3) is 0 Å². The van der Waals surface area contributed by atoms with Gasteiger partial charge < -0.3 is 5.32 Å². The number of aromatic nitrogens is 2. The largest absolute Gasteiger partial charge is 0.314 e. The van der Waals surface area contributed by atoms with Crippen LogP contribution in [0.15, 0.2) is 0 Å². The molecule has 19 heavy (non-hydrogen) atoms. The highest BCUT2D eigenvalue weighted by Crippen LogP contribution is 2.25. The van der Waals surface area contributed by atoms with Gasteiger partial charge in [0.2, 0.25) is 0 Å². The Morgan fingerprint density at radius 2 is 1.95 bits per heavy atom. The first-order valence-corrected chi connectivity index (χ1v) is 7.94. The molecular formula is C15H28ClN3. The number of nitrogens with one attached hydrogen (secondary N) is 1. The van der Waals surface area contributed by atoms with Gasteiger partial charge in [-0.25, -0.2) is 0 Å². The molecule has 2 unspecified atom stereocenters. The summed E-state index contributed by atoms with van der Waals surface area (Å²) in [7, 11) is 0. The molecule has 1 N–H and O–H groups in total. The molecule has 0 aliphatic heterocycles. The minimum Gasteiger partial charge on any atom is -0.314 e. The minimum atomic E-state index is 0.548. The Bertz CT molecular complexity index is 387. The lowest BCUT2D eigenvalue weighted by atomic mass is 9.94. The van der Waals surface area contributed by atoms with Gasteiger partial charge >= 0.3 is 0 Å². The lowest BCUT2D eigenvalue weighted by Gasteiger charge is -2.23. The van der Waals surface area contributed by atoms with Gasteiger partial charge in [-0.3, -0.25) is 4.68 Å². The SMILES string of the molecule is CCNC(CC)C(C)Cc1c(Cl)c(CC)nn1CC. The predicted molar refractivity (Wildman–Crippen MR) is 82.9 cm³/mol.